The van der Waals surface area contributed by atoms with Crippen molar-refractivity contribution in [2.75, 3.05) is 32.9 Å². The van der Waals surface area contributed by atoms with Crippen LogP contribution in [0.4, 0.5) is 0 Å². The molecule has 5 heteroatoms. The molecule has 0 aromatic rings. The molecule has 1 fully saturated rings. The average Bonchev–Trinajstić information content (AvgIpc) is 2.84. The third-order valence-electron chi connectivity index (χ3n) is 2.62. The van der Waals surface area contributed by atoms with Gasteiger partial charge in [0.2, 0.25) is 0 Å². The molecule has 1 aliphatic heterocycles. The zero-order valence-electron chi connectivity index (χ0n) is 11.3. The van der Waals surface area contributed by atoms with Gasteiger partial charge < -0.3 is 20.5 Å². The second-order valence-corrected chi connectivity index (χ2v) is 4.65. The molecule has 0 bridgehead atoms. The van der Waals surface area contributed by atoms with E-state index in [2.05, 4.69) is 16.9 Å². The van der Waals surface area contributed by atoms with E-state index in [-0.39, 0.29) is 0 Å². The van der Waals surface area contributed by atoms with Crippen LogP contribution in [0.2, 0.25) is 0 Å². The first-order chi connectivity index (χ1) is 8.68. The van der Waals surface area contributed by atoms with Gasteiger partial charge >= 0.3 is 0 Å². The van der Waals surface area contributed by atoms with Gasteiger partial charge in [-0.05, 0) is 26.2 Å². The topological polar surface area (TPSA) is 68.9 Å². The molecule has 1 atom stereocenters. The van der Waals surface area contributed by atoms with Crippen molar-refractivity contribution < 1.29 is 9.47 Å². The van der Waals surface area contributed by atoms with E-state index < -0.39 is 0 Å². The molecule has 1 heterocycles. The number of nitrogens with one attached hydrogen (secondary N) is 1. The Balaban J connectivity index is 1.91. The van der Waals surface area contributed by atoms with E-state index in [1.165, 1.54) is 0 Å². The highest BCUT2D eigenvalue weighted by atomic mass is 16.5. The Morgan fingerprint density at radius 3 is 3.11 bits per heavy atom. The molecule has 1 saturated heterocycles. The van der Waals surface area contributed by atoms with Gasteiger partial charge in [-0.1, -0.05) is 12.2 Å². The van der Waals surface area contributed by atoms with E-state index in [4.69, 9.17) is 15.2 Å². The van der Waals surface area contributed by atoms with Crippen LogP contribution in [0.5, 0.6) is 0 Å². The minimum absolute atomic E-state index is 0.306. The quantitative estimate of drug-likeness (QED) is 0.294. The summed E-state index contributed by atoms with van der Waals surface area (Å²) in [4.78, 5) is 4.13. The molecule has 0 radical (unpaired) electrons. The first-order valence-corrected chi connectivity index (χ1v) is 6.56. The van der Waals surface area contributed by atoms with Crippen molar-refractivity contribution in [3.05, 3.63) is 12.2 Å². The van der Waals surface area contributed by atoms with Crippen molar-refractivity contribution in [1.82, 2.24) is 5.32 Å². The fourth-order valence-corrected chi connectivity index (χ4v) is 1.66. The van der Waals surface area contributed by atoms with Crippen LogP contribution in [0.15, 0.2) is 17.1 Å². The Hall–Kier alpha value is -1.07. The van der Waals surface area contributed by atoms with Crippen LogP contribution >= 0.6 is 0 Å². The number of hydrogen-bond donors (Lipinski definition) is 2. The lowest BCUT2D eigenvalue weighted by Crippen LogP contribution is -2.33. The molecule has 0 aromatic heterocycles. The summed E-state index contributed by atoms with van der Waals surface area (Å²) >= 11 is 0. The summed E-state index contributed by atoms with van der Waals surface area (Å²) in [5.41, 5.74) is 6.67. The largest absolute Gasteiger partial charge is 0.379 e. The number of nitrogens with zero attached hydrogens (tertiary/aromatic N) is 1. The molecular weight excluding hydrogens is 230 g/mol. The highest BCUT2D eigenvalue weighted by Gasteiger charge is 2.14. The fraction of sp³-hybridized carbons (Fsp3) is 0.769. The minimum atomic E-state index is 0.306. The maximum Gasteiger partial charge on any atom is 0.188 e. The monoisotopic (exact) mass is 255 g/mol. The summed E-state index contributed by atoms with van der Waals surface area (Å²) in [7, 11) is 0. The smallest absolute Gasteiger partial charge is 0.188 e. The van der Waals surface area contributed by atoms with Crippen molar-refractivity contribution in [2.24, 2.45) is 10.7 Å². The lowest BCUT2D eigenvalue weighted by Gasteiger charge is -2.10. The first kappa shape index (κ1) is 15.0. The number of guanidine groups is 1. The van der Waals surface area contributed by atoms with Gasteiger partial charge in [0.25, 0.3) is 0 Å². The van der Waals surface area contributed by atoms with E-state index in [0.717, 1.165) is 44.6 Å². The van der Waals surface area contributed by atoms with E-state index in [9.17, 15) is 0 Å². The Labute approximate surface area is 109 Å². The van der Waals surface area contributed by atoms with Crippen LogP contribution in [-0.4, -0.2) is 45.0 Å². The Morgan fingerprint density at radius 1 is 1.61 bits per heavy atom. The van der Waals surface area contributed by atoms with Crippen molar-refractivity contribution in [3.63, 3.8) is 0 Å². The van der Waals surface area contributed by atoms with Gasteiger partial charge in [0.15, 0.2) is 5.96 Å². The van der Waals surface area contributed by atoms with Crippen LogP contribution in [0.3, 0.4) is 0 Å². The van der Waals surface area contributed by atoms with E-state index in [0.29, 0.717) is 25.2 Å². The third-order valence-corrected chi connectivity index (χ3v) is 2.62. The lowest BCUT2D eigenvalue weighted by atomic mass is 10.2. The van der Waals surface area contributed by atoms with Gasteiger partial charge in [-0.25, -0.2) is 4.99 Å². The van der Waals surface area contributed by atoms with Gasteiger partial charge in [-0.15, -0.1) is 0 Å². The van der Waals surface area contributed by atoms with Gasteiger partial charge in [-0.3, -0.25) is 0 Å². The Morgan fingerprint density at radius 2 is 2.44 bits per heavy atom. The van der Waals surface area contributed by atoms with Crippen LogP contribution in [0.25, 0.3) is 0 Å². The molecule has 0 amide bonds. The van der Waals surface area contributed by atoms with Crippen LogP contribution in [-0.2, 0) is 9.47 Å². The molecule has 3 N–H and O–H groups in total. The number of ether oxygens (including phenoxy) is 2. The maximum atomic E-state index is 5.67. The minimum Gasteiger partial charge on any atom is -0.379 e. The number of nitrogens with two attached hydrogens (primary N) is 1. The summed E-state index contributed by atoms with van der Waals surface area (Å²) in [6.07, 6.45) is 3.50. The van der Waals surface area contributed by atoms with Crippen LogP contribution in [0, 0.1) is 0 Å². The molecule has 0 aliphatic carbocycles. The zero-order valence-corrected chi connectivity index (χ0v) is 11.3. The summed E-state index contributed by atoms with van der Waals surface area (Å²) in [6.45, 7) is 9.35. The molecule has 0 spiro atoms. The van der Waals surface area contributed by atoms with Crippen LogP contribution in [0.1, 0.15) is 26.2 Å². The standard InChI is InChI=1S/C13H25N3O2/c1-11(2)9-16-13(14)15-6-4-7-17-10-12-5-3-8-18-12/h12H,1,3-10H2,2H3,(H3,14,15,16). The van der Waals surface area contributed by atoms with E-state index in [1.807, 2.05) is 6.92 Å². The molecule has 1 rings (SSSR count). The predicted octanol–water partition coefficient (Wildman–Crippen LogP) is 1.05. The summed E-state index contributed by atoms with van der Waals surface area (Å²) in [6, 6.07) is 0. The molecule has 1 aliphatic rings. The van der Waals surface area contributed by atoms with Gasteiger partial charge in [0.05, 0.1) is 19.3 Å². The second-order valence-electron chi connectivity index (χ2n) is 4.65. The summed E-state index contributed by atoms with van der Waals surface area (Å²) in [5.74, 6) is 0.470. The highest BCUT2D eigenvalue weighted by Crippen LogP contribution is 2.11. The maximum absolute atomic E-state index is 5.67. The third kappa shape index (κ3) is 7.29. The van der Waals surface area contributed by atoms with E-state index >= 15 is 0 Å². The zero-order chi connectivity index (χ0) is 13.2. The molecule has 18 heavy (non-hydrogen) atoms. The molecule has 0 aromatic carbocycles. The van der Waals surface area contributed by atoms with Crippen molar-refractivity contribution in [3.8, 4) is 0 Å². The first-order valence-electron chi connectivity index (χ1n) is 6.56. The number of aliphatic imine (C=N–C) groups is 1. The van der Waals surface area contributed by atoms with Crippen molar-refractivity contribution in [1.29, 1.82) is 0 Å². The molecule has 5 nitrogen and oxygen atoms in total. The number of hydrogen-bond acceptors (Lipinski definition) is 3. The molecular formula is C13H25N3O2. The SMILES string of the molecule is C=C(C)CN=C(N)NCCCOCC1CCCO1. The summed E-state index contributed by atoms with van der Waals surface area (Å²) in [5, 5.41) is 3.04. The second kappa shape index (κ2) is 8.94. The number of rotatable bonds is 8. The predicted molar refractivity (Wildman–Crippen MR) is 73.7 cm³/mol. The lowest BCUT2D eigenvalue weighted by molar-refractivity contribution is 0.0168. The average molecular weight is 255 g/mol. The normalized spacial score (nSPS) is 20.1. The van der Waals surface area contributed by atoms with E-state index in [1.54, 1.807) is 0 Å². The van der Waals surface area contributed by atoms with Gasteiger partial charge in [0, 0.05) is 19.8 Å². The van der Waals surface area contributed by atoms with Gasteiger partial charge in [0.1, 0.15) is 0 Å². The summed E-state index contributed by atoms with van der Waals surface area (Å²) < 4.78 is 11.0. The molecule has 104 valence electrons. The van der Waals surface area contributed by atoms with Gasteiger partial charge in [-0.2, -0.15) is 0 Å². The highest BCUT2D eigenvalue weighted by molar-refractivity contribution is 5.77. The fourth-order valence-electron chi connectivity index (χ4n) is 1.66. The molecule has 1 unspecified atom stereocenters. The van der Waals surface area contributed by atoms with Crippen molar-refractivity contribution >= 4 is 5.96 Å². The van der Waals surface area contributed by atoms with Crippen LogP contribution < -0.4 is 11.1 Å². The van der Waals surface area contributed by atoms with Crippen molar-refractivity contribution in [2.45, 2.75) is 32.3 Å². The Kier molecular flexibility index (Phi) is 7.44. The Bertz CT molecular complexity index is 273. The molecule has 0 saturated carbocycles.